The van der Waals surface area contributed by atoms with Gasteiger partial charge in [0.05, 0.1) is 12.3 Å². The summed E-state index contributed by atoms with van der Waals surface area (Å²) in [5.41, 5.74) is 0.972. The van der Waals surface area contributed by atoms with Gasteiger partial charge >= 0.3 is 5.97 Å². The van der Waals surface area contributed by atoms with Gasteiger partial charge in [-0.1, -0.05) is 6.07 Å². The van der Waals surface area contributed by atoms with Crippen LogP contribution in [-0.2, 0) is 6.61 Å². The third-order valence-electron chi connectivity index (χ3n) is 1.52. The molecule has 2 N–H and O–H groups in total. The van der Waals surface area contributed by atoms with Crippen LogP contribution >= 0.6 is 0 Å². The zero-order valence-corrected chi connectivity index (χ0v) is 6.61. The average molecular weight is 167 g/mol. The van der Waals surface area contributed by atoms with E-state index in [0.717, 1.165) is 0 Å². The van der Waals surface area contributed by atoms with Crippen LogP contribution in [-0.4, -0.2) is 21.2 Å². The molecule has 4 heteroatoms. The second-order valence-corrected chi connectivity index (χ2v) is 2.43. The number of nitrogens with zero attached hydrogens (tertiary/aromatic N) is 1. The van der Waals surface area contributed by atoms with E-state index in [0.29, 0.717) is 11.3 Å². The number of pyridine rings is 1. The average Bonchev–Trinajstić information content (AvgIpc) is 2.05. The Morgan fingerprint density at radius 3 is 2.75 bits per heavy atom. The molecule has 0 saturated heterocycles. The second-order valence-electron chi connectivity index (χ2n) is 2.43. The predicted molar refractivity (Wildman–Crippen MR) is 41.9 cm³/mol. The van der Waals surface area contributed by atoms with Crippen LogP contribution in [0.1, 0.15) is 21.7 Å². The molecule has 0 spiro atoms. The molecule has 1 rings (SSSR count). The summed E-state index contributed by atoms with van der Waals surface area (Å²) in [4.78, 5) is 14.3. The minimum atomic E-state index is -1.07. The molecule has 0 aliphatic carbocycles. The van der Waals surface area contributed by atoms with Crippen LogP contribution in [0.2, 0.25) is 0 Å². The number of aryl methyl sites for hydroxylation is 1. The number of aromatic carboxylic acids is 1. The molecule has 0 aliphatic heterocycles. The van der Waals surface area contributed by atoms with Crippen molar-refractivity contribution in [2.24, 2.45) is 0 Å². The molecule has 0 fully saturated rings. The number of aliphatic hydroxyl groups is 1. The minimum absolute atomic E-state index is 0.00144. The second kappa shape index (κ2) is 3.32. The van der Waals surface area contributed by atoms with Gasteiger partial charge in [0.25, 0.3) is 0 Å². The van der Waals surface area contributed by atoms with Gasteiger partial charge in [-0.25, -0.2) is 9.78 Å². The first kappa shape index (κ1) is 8.67. The maximum Gasteiger partial charge on any atom is 0.354 e. The van der Waals surface area contributed by atoms with Crippen molar-refractivity contribution in [2.45, 2.75) is 13.5 Å². The monoisotopic (exact) mass is 167 g/mol. The molecule has 1 aromatic heterocycles. The van der Waals surface area contributed by atoms with E-state index in [1.165, 1.54) is 0 Å². The fourth-order valence-electron chi connectivity index (χ4n) is 0.874. The largest absolute Gasteiger partial charge is 0.477 e. The van der Waals surface area contributed by atoms with E-state index in [4.69, 9.17) is 10.2 Å². The normalized spacial score (nSPS) is 9.83. The Hall–Kier alpha value is -1.42. The van der Waals surface area contributed by atoms with Gasteiger partial charge in [0, 0.05) is 0 Å². The Bertz CT molecular complexity index is 309. The number of aliphatic hydroxyl groups excluding tert-OH is 1. The Morgan fingerprint density at radius 2 is 2.25 bits per heavy atom. The van der Waals surface area contributed by atoms with Gasteiger partial charge in [0.2, 0.25) is 0 Å². The van der Waals surface area contributed by atoms with Gasteiger partial charge < -0.3 is 10.2 Å². The molecule has 0 atom stereocenters. The summed E-state index contributed by atoms with van der Waals surface area (Å²) in [6.07, 6.45) is 0. The molecular weight excluding hydrogens is 158 g/mol. The Balaban J connectivity index is 3.17. The van der Waals surface area contributed by atoms with Gasteiger partial charge in [0.1, 0.15) is 0 Å². The van der Waals surface area contributed by atoms with E-state index in [9.17, 15) is 4.79 Å². The Kier molecular flexibility index (Phi) is 2.40. The van der Waals surface area contributed by atoms with Crippen molar-refractivity contribution in [3.05, 3.63) is 29.1 Å². The molecule has 1 heterocycles. The first-order valence-corrected chi connectivity index (χ1v) is 3.46. The van der Waals surface area contributed by atoms with Crippen molar-refractivity contribution in [3.8, 4) is 0 Å². The number of carboxylic acid groups (broad SMARTS) is 1. The van der Waals surface area contributed by atoms with E-state index in [-0.39, 0.29) is 12.3 Å². The van der Waals surface area contributed by atoms with Crippen LogP contribution in [0.15, 0.2) is 12.1 Å². The molecule has 0 radical (unpaired) electrons. The molecule has 0 unspecified atom stereocenters. The van der Waals surface area contributed by atoms with E-state index in [2.05, 4.69) is 4.98 Å². The number of hydrogen-bond donors (Lipinski definition) is 2. The molecule has 1 aromatic rings. The van der Waals surface area contributed by atoms with Crippen molar-refractivity contribution in [3.63, 3.8) is 0 Å². The molecule has 0 bridgehead atoms. The summed E-state index contributed by atoms with van der Waals surface area (Å²) in [6, 6.07) is 3.23. The number of hydrogen-bond acceptors (Lipinski definition) is 3. The van der Waals surface area contributed by atoms with Crippen molar-refractivity contribution in [1.29, 1.82) is 0 Å². The van der Waals surface area contributed by atoms with Crippen molar-refractivity contribution in [1.82, 2.24) is 4.98 Å². The highest BCUT2D eigenvalue weighted by atomic mass is 16.4. The minimum Gasteiger partial charge on any atom is -0.477 e. The van der Waals surface area contributed by atoms with Gasteiger partial charge in [-0.2, -0.15) is 0 Å². The smallest absolute Gasteiger partial charge is 0.354 e. The highest BCUT2D eigenvalue weighted by Gasteiger charge is 2.08. The van der Waals surface area contributed by atoms with Gasteiger partial charge in [-0.3, -0.25) is 0 Å². The molecule has 12 heavy (non-hydrogen) atoms. The quantitative estimate of drug-likeness (QED) is 0.675. The van der Waals surface area contributed by atoms with E-state index < -0.39 is 5.97 Å². The molecule has 0 aliphatic rings. The molecule has 4 nitrogen and oxygen atoms in total. The summed E-state index contributed by atoms with van der Waals surface area (Å²) >= 11 is 0. The first-order valence-electron chi connectivity index (χ1n) is 3.46. The van der Waals surface area contributed by atoms with Crippen LogP contribution in [0.3, 0.4) is 0 Å². The lowest BCUT2D eigenvalue weighted by Gasteiger charge is -2.00. The molecule has 0 amide bonds. The van der Waals surface area contributed by atoms with Gasteiger partial charge in [-0.15, -0.1) is 0 Å². The standard InChI is InChI=1S/C8H9NO3/c1-5-2-3-6(4-10)9-7(5)8(11)12/h2-3,10H,4H2,1H3,(H,11,12). The summed E-state index contributed by atoms with van der Waals surface area (Å²) < 4.78 is 0. The van der Waals surface area contributed by atoms with Crippen LogP contribution in [0.4, 0.5) is 0 Å². The zero-order valence-electron chi connectivity index (χ0n) is 6.61. The van der Waals surface area contributed by atoms with Crippen LogP contribution in [0.5, 0.6) is 0 Å². The van der Waals surface area contributed by atoms with Crippen LogP contribution in [0, 0.1) is 6.92 Å². The van der Waals surface area contributed by atoms with Crippen molar-refractivity contribution < 1.29 is 15.0 Å². The number of aromatic nitrogens is 1. The SMILES string of the molecule is Cc1ccc(CO)nc1C(=O)O. The van der Waals surface area contributed by atoms with Crippen LogP contribution in [0.25, 0.3) is 0 Å². The summed E-state index contributed by atoms with van der Waals surface area (Å²) in [5.74, 6) is -1.07. The topological polar surface area (TPSA) is 70.4 Å². The van der Waals surface area contributed by atoms with E-state index in [1.54, 1.807) is 19.1 Å². The number of rotatable bonds is 2. The lowest BCUT2D eigenvalue weighted by atomic mass is 10.2. The van der Waals surface area contributed by atoms with Crippen LogP contribution < -0.4 is 0 Å². The third-order valence-corrected chi connectivity index (χ3v) is 1.52. The number of carboxylic acids is 1. The maximum absolute atomic E-state index is 10.5. The fraction of sp³-hybridized carbons (Fsp3) is 0.250. The van der Waals surface area contributed by atoms with Crippen molar-refractivity contribution >= 4 is 5.97 Å². The Morgan fingerprint density at radius 1 is 1.58 bits per heavy atom. The highest BCUT2D eigenvalue weighted by Crippen LogP contribution is 2.06. The third kappa shape index (κ3) is 1.60. The first-order chi connectivity index (χ1) is 5.65. The summed E-state index contributed by atoms with van der Waals surface area (Å²) in [5, 5.41) is 17.3. The highest BCUT2D eigenvalue weighted by molar-refractivity contribution is 5.86. The summed E-state index contributed by atoms with van der Waals surface area (Å²) in [6.45, 7) is 1.43. The molecule has 0 aromatic carbocycles. The van der Waals surface area contributed by atoms with Crippen molar-refractivity contribution in [2.75, 3.05) is 0 Å². The predicted octanol–water partition coefficient (Wildman–Crippen LogP) is 0.581. The van der Waals surface area contributed by atoms with E-state index in [1.807, 2.05) is 0 Å². The van der Waals surface area contributed by atoms with E-state index >= 15 is 0 Å². The Labute approximate surface area is 69.5 Å². The summed E-state index contributed by atoms with van der Waals surface area (Å²) in [7, 11) is 0. The molecule has 64 valence electrons. The zero-order chi connectivity index (χ0) is 9.14. The molecular formula is C8H9NO3. The molecule has 0 saturated carbocycles. The van der Waals surface area contributed by atoms with Gasteiger partial charge in [0.15, 0.2) is 5.69 Å². The number of carbonyl (C=O) groups is 1. The maximum atomic E-state index is 10.5. The lowest BCUT2D eigenvalue weighted by Crippen LogP contribution is -2.05. The van der Waals surface area contributed by atoms with Gasteiger partial charge in [-0.05, 0) is 18.6 Å². The fourth-order valence-corrected chi connectivity index (χ4v) is 0.874. The lowest BCUT2D eigenvalue weighted by molar-refractivity contribution is 0.0689.